The Labute approximate surface area is 123 Å². The topological polar surface area (TPSA) is 36.4 Å². The first-order valence-electron chi connectivity index (χ1n) is 6.93. The van der Waals surface area contributed by atoms with E-state index in [9.17, 15) is 13.2 Å². The summed E-state index contributed by atoms with van der Waals surface area (Å²) in [7, 11) is 1.66. The molecule has 1 rings (SSSR count). The number of halogens is 3. The Morgan fingerprint density at radius 1 is 1.14 bits per heavy atom. The minimum absolute atomic E-state index is 0.430. The van der Waals surface area contributed by atoms with Crippen LogP contribution >= 0.6 is 0 Å². The fourth-order valence-corrected chi connectivity index (χ4v) is 1.70. The largest absolute Gasteiger partial charge is 0.416 e. The standard InChI is InChI=1S/C15H22F3N3/c1-11(2)8-9-20-14(19-3)21-10-12-4-6-13(7-5-12)15(16,17)18/h4-7,11H,8-10H2,1-3H3,(H2,19,20,21). The lowest BCUT2D eigenvalue weighted by Gasteiger charge is -2.13. The van der Waals surface area contributed by atoms with E-state index in [1.165, 1.54) is 12.1 Å². The first kappa shape index (κ1) is 17.3. The molecule has 0 unspecified atom stereocenters. The third kappa shape index (κ3) is 6.51. The Hall–Kier alpha value is -1.72. The number of alkyl halides is 3. The quantitative estimate of drug-likeness (QED) is 0.646. The van der Waals surface area contributed by atoms with Crippen molar-refractivity contribution in [2.24, 2.45) is 10.9 Å². The normalized spacial score (nSPS) is 12.6. The fourth-order valence-electron chi connectivity index (χ4n) is 1.70. The molecule has 21 heavy (non-hydrogen) atoms. The molecule has 1 aromatic carbocycles. The van der Waals surface area contributed by atoms with E-state index in [2.05, 4.69) is 29.5 Å². The number of nitrogens with zero attached hydrogens (tertiary/aromatic N) is 1. The minimum atomic E-state index is -4.29. The first-order valence-corrected chi connectivity index (χ1v) is 6.93. The fraction of sp³-hybridized carbons (Fsp3) is 0.533. The average Bonchev–Trinajstić information content (AvgIpc) is 2.41. The van der Waals surface area contributed by atoms with E-state index in [4.69, 9.17) is 0 Å². The van der Waals surface area contributed by atoms with Gasteiger partial charge in [0, 0.05) is 20.1 Å². The number of hydrogen-bond donors (Lipinski definition) is 2. The average molecular weight is 301 g/mol. The van der Waals surface area contributed by atoms with Crippen molar-refractivity contribution in [2.75, 3.05) is 13.6 Å². The van der Waals surface area contributed by atoms with Crippen molar-refractivity contribution in [1.82, 2.24) is 10.6 Å². The zero-order chi connectivity index (χ0) is 15.9. The summed E-state index contributed by atoms with van der Waals surface area (Å²) >= 11 is 0. The highest BCUT2D eigenvalue weighted by molar-refractivity contribution is 5.79. The van der Waals surface area contributed by atoms with Gasteiger partial charge in [-0.25, -0.2) is 0 Å². The number of hydrogen-bond acceptors (Lipinski definition) is 1. The van der Waals surface area contributed by atoms with E-state index < -0.39 is 11.7 Å². The van der Waals surface area contributed by atoms with Crippen LogP contribution in [0.15, 0.2) is 29.3 Å². The molecule has 6 heteroatoms. The van der Waals surface area contributed by atoms with Crippen LogP contribution < -0.4 is 10.6 Å². The second kappa shape index (κ2) is 7.90. The number of guanidine groups is 1. The van der Waals surface area contributed by atoms with Gasteiger partial charge >= 0.3 is 6.18 Å². The predicted octanol–water partition coefficient (Wildman–Crippen LogP) is 3.42. The van der Waals surface area contributed by atoms with Crippen molar-refractivity contribution < 1.29 is 13.2 Å². The number of benzene rings is 1. The molecule has 0 heterocycles. The lowest BCUT2D eigenvalue weighted by molar-refractivity contribution is -0.137. The molecule has 0 spiro atoms. The molecule has 118 valence electrons. The summed E-state index contributed by atoms with van der Waals surface area (Å²) in [6, 6.07) is 5.12. The van der Waals surface area contributed by atoms with Gasteiger partial charge in [-0.3, -0.25) is 4.99 Å². The molecule has 2 N–H and O–H groups in total. The van der Waals surface area contributed by atoms with Crippen LogP contribution in [0, 0.1) is 5.92 Å². The van der Waals surface area contributed by atoms with Crippen LogP contribution in [-0.4, -0.2) is 19.6 Å². The molecular formula is C15H22F3N3. The highest BCUT2D eigenvalue weighted by atomic mass is 19.4. The van der Waals surface area contributed by atoms with Crippen LogP contribution in [0.25, 0.3) is 0 Å². The molecule has 0 aromatic heterocycles. The molecule has 0 saturated carbocycles. The summed E-state index contributed by atoms with van der Waals surface area (Å²) in [5, 5.41) is 6.24. The molecule has 3 nitrogen and oxygen atoms in total. The van der Waals surface area contributed by atoms with Gasteiger partial charge in [-0.15, -0.1) is 0 Å². The summed E-state index contributed by atoms with van der Waals surface area (Å²) in [6.07, 6.45) is -3.26. The zero-order valence-corrected chi connectivity index (χ0v) is 12.6. The number of rotatable bonds is 5. The maximum atomic E-state index is 12.4. The van der Waals surface area contributed by atoms with Gasteiger partial charge < -0.3 is 10.6 Å². The van der Waals surface area contributed by atoms with Gasteiger partial charge in [0.1, 0.15) is 0 Å². The summed E-state index contributed by atoms with van der Waals surface area (Å²) < 4.78 is 37.3. The highest BCUT2D eigenvalue weighted by Crippen LogP contribution is 2.28. The maximum absolute atomic E-state index is 12.4. The number of nitrogens with one attached hydrogen (secondary N) is 2. The molecule has 0 aliphatic rings. The molecule has 0 fully saturated rings. The van der Waals surface area contributed by atoms with Gasteiger partial charge in [-0.1, -0.05) is 26.0 Å². The predicted molar refractivity (Wildman–Crippen MR) is 79.1 cm³/mol. The smallest absolute Gasteiger partial charge is 0.356 e. The van der Waals surface area contributed by atoms with Crippen molar-refractivity contribution in [1.29, 1.82) is 0 Å². The lowest BCUT2D eigenvalue weighted by Crippen LogP contribution is -2.37. The van der Waals surface area contributed by atoms with Gasteiger partial charge in [-0.05, 0) is 30.0 Å². The van der Waals surface area contributed by atoms with Gasteiger partial charge in [0.05, 0.1) is 5.56 Å². The molecule has 0 aliphatic carbocycles. The third-order valence-corrected chi connectivity index (χ3v) is 2.98. The molecule has 1 aromatic rings. The molecule has 0 saturated heterocycles. The van der Waals surface area contributed by atoms with E-state index in [0.717, 1.165) is 30.7 Å². The Kier molecular flexibility index (Phi) is 6.52. The Balaban J connectivity index is 2.46. The molecule has 0 aliphatic heterocycles. The van der Waals surface area contributed by atoms with E-state index in [1.54, 1.807) is 7.05 Å². The van der Waals surface area contributed by atoms with Crippen LogP contribution in [0.1, 0.15) is 31.4 Å². The van der Waals surface area contributed by atoms with Gasteiger partial charge in [0.25, 0.3) is 0 Å². The summed E-state index contributed by atoms with van der Waals surface area (Å²) in [5.41, 5.74) is 0.139. The first-order chi connectivity index (χ1) is 9.82. The molecule has 0 bridgehead atoms. The van der Waals surface area contributed by atoms with Crippen LogP contribution in [0.4, 0.5) is 13.2 Å². The molecule has 0 radical (unpaired) electrons. The van der Waals surface area contributed by atoms with Crippen LogP contribution in [-0.2, 0) is 12.7 Å². The SMILES string of the molecule is CN=C(NCCC(C)C)NCc1ccc(C(F)(F)F)cc1. The van der Waals surface area contributed by atoms with Crippen molar-refractivity contribution in [3.05, 3.63) is 35.4 Å². The molecular weight excluding hydrogens is 279 g/mol. The Morgan fingerprint density at radius 2 is 1.76 bits per heavy atom. The van der Waals surface area contributed by atoms with Crippen LogP contribution in [0.3, 0.4) is 0 Å². The molecule has 0 amide bonds. The Morgan fingerprint density at radius 3 is 2.24 bits per heavy atom. The maximum Gasteiger partial charge on any atom is 0.416 e. The summed E-state index contributed by atoms with van der Waals surface area (Å²) in [5.74, 6) is 1.25. The van der Waals surface area contributed by atoms with E-state index in [-0.39, 0.29) is 0 Å². The summed E-state index contributed by atoms with van der Waals surface area (Å²) in [4.78, 5) is 4.07. The van der Waals surface area contributed by atoms with Crippen LogP contribution in [0.2, 0.25) is 0 Å². The summed E-state index contributed by atoms with van der Waals surface area (Å²) in [6.45, 7) is 5.52. The van der Waals surface area contributed by atoms with Crippen molar-refractivity contribution in [3.8, 4) is 0 Å². The van der Waals surface area contributed by atoms with Gasteiger partial charge in [-0.2, -0.15) is 13.2 Å². The van der Waals surface area contributed by atoms with Crippen LogP contribution in [0.5, 0.6) is 0 Å². The van der Waals surface area contributed by atoms with Crippen molar-refractivity contribution in [2.45, 2.75) is 33.0 Å². The van der Waals surface area contributed by atoms with Gasteiger partial charge in [0.15, 0.2) is 5.96 Å². The van der Waals surface area contributed by atoms with E-state index in [1.807, 2.05) is 0 Å². The minimum Gasteiger partial charge on any atom is -0.356 e. The van der Waals surface area contributed by atoms with Crippen molar-refractivity contribution >= 4 is 5.96 Å². The molecule has 0 atom stereocenters. The highest BCUT2D eigenvalue weighted by Gasteiger charge is 2.29. The number of aliphatic imine (C=N–C) groups is 1. The van der Waals surface area contributed by atoms with Gasteiger partial charge in [0.2, 0.25) is 0 Å². The second-order valence-corrected chi connectivity index (χ2v) is 5.23. The second-order valence-electron chi connectivity index (χ2n) is 5.23. The Bertz CT molecular complexity index is 450. The monoisotopic (exact) mass is 301 g/mol. The lowest BCUT2D eigenvalue weighted by atomic mass is 10.1. The zero-order valence-electron chi connectivity index (χ0n) is 12.6. The third-order valence-electron chi connectivity index (χ3n) is 2.98. The van der Waals surface area contributed by atoms with E-state index in [0.29, 0.717) is 18.4 Å². The van der Waals surface area contributed by atoms with E-state index >= 15 is 0 Å². The van der Waals surface area contributed by atoms with Crippen molar-refractivity contribution in [3.63, 3.8) is 0 Å².